The molecule has 1 amide bonds. The Kier molecular flexibility index (Phi) is 6.97. The first-order valence-corrected chi connectivity index (χ1v) is 6.78. The summed E-state index contributed by atoms with van der Waals surface area (Å²) in [5.41, 5.74) is 0. The van der Waals surface area contributed by atoms with Crippen molar-refractivity contribution >= 4 is 18.3 Å². The number of hydrogen-bond donors (Lipinski definition) is 1. The molecule has 1 heterocycles. The van der Waals surface area contributed by atoms with Crippen molar-refractivity contribution in [2.75, 3.05) is 39.9 Å². The van der Waals surface area contributed by atoms with Gasteiger partial charge in [-0.05, 0) is 44.1 Å². The van der Waals surface area contributed by atoms with Gasteiger partial charge < -0.3 is 15.0 Å². The summed E-state index contributed by atoms with van der Waals surface area (Å²) in [7, 11) is 1.90. The third kappa shape index (κ3) is 5.55. The maximum atomic E-state index is 11.8. The standard InChI is InChI=1S/C13H24N2O2.ClH/c1-15(9-12-3-2-6-17-10-12)13(16)8-14-7-11-4-5-11;/h11-12,14H,2-10H2,1H3;1H. The summed E-state index contributed by atoms with van der Waals surface area (Å²) < 4.78 is 5.43. The Labute approximate surface area is 116 Å². The smallest absolute Gasteiger partial charge is 0.236 e. The molecule has 1 N–H and O–H groups in total. The molecule has 0 aromatic heterocycles. The molecule has 1 saturated carbocycles. The molecule has 5 heteroatoms. The van der Waals surface area contributed by atoms with Crippen LogP contribution in [0.5, 0.6) is 0 Å². The molecule has 2 rings (SSSR count). The van der Waals surface area contributed by atoms with Gasteiger partial charge in [0.15, 0.2) is 0 Å². The Morgan fingerprint density at radius 3 is 2.72 bits per heavy atom. The lowest BCUT2D eigenvalue weighted by Crippen LogP contribution is -2.40. The lowest BCUT2D eigenvalue weighted by Gasteiger charge is -2.27. The van der Waals surface area contributed by atoms with Gasteiger partial charge in [-0.2, -0.15) is 0 Å². The molecule has 4 nitrogen and oxygen atoms in total. The van der Waals surface area contributed by atoms with E-state index in [1.807, 2.05) is 11.9 Å². The Hall–Kier alpha value is -0.320. The highest BCUT2D eigenvalue weighted by atomic mass is 35.5. The summed E-state index contributed by atoms with van der Waals surface area (Å²) in [6, 6.07) is 0. The first-order valence-electron chi connectivity index (χ1n) is 6.78. The monoisotopic (exact) mass is 276 g/mol. The molecular weight excluding hydrogens is 252 g/mol. The van der Waals surface area contributed by atoms with Crippen molar-refractivity contribution in [3.8, 4) is 0 Å². The van der Waals surface area contributed by atoms with Gasteiger partial charge in [-0.3, -0.25) is 4.79 Å². The van der Waals surface area contributed by atoms with Crippen molar-refractivity contribution in [2.45, 2.75) is 25.7 Å². The molecule has 0 bridgehead atoms. The molecular formula is C13H25ClN2O2. The fraction of sp³-hybridized carbons (Fsp3) is 0.923. The predicted octanol–water partition coefficient (Wildman–Crippen LogP) is 1.29. The van der Waals surface area contributed by atoms with Crippen molar-refractivity contribution in [1.29, 1.82) is 0 Å². The molecule has 1 unspecified atom stereocenters. The van der Waals surface area contributed by atoms with E-state index in [1.54, 1.807) is 0 Å². The van der Waals surface area contributed by atoms with Gasteiger partial charge in [0, 0.05) is 20.2 Å². The van der Waals surface area contributed by atoms with Gasteiger partial charge in [-0.25, -0.2) is 0 Å². The van der Waals surface area contributed by atoms with Gasteiger partial charge >= 0.3 is 0 Å². The minimum absolute atomic E-state index is 0. The van der Waals surface area contributed by atoms with Crippen molar-refractivity contribution < 1.29 is 9.53 Å². The number of hydrogen-bond acceptors (Lipinski definition) is 3. The summed E-state index contributed by atoms with van der Waals surface area (Å²) in [6.45, 7) is 4.03. The van der Waals surface area contributed by atoms with E-state index in [0.29, 0.717) is 12.5 Å². The summed E-state index contributed by atoms with van der Waals surface area (Å²) in [5.74, 6) is 1.57. The van der Waals surface area contributed by atoms with Crippen LogP contribution in [0, 0.1) is 11.8 Å². The van der Waals surface area contributed by atoms with Crippen LogP contribution in [0.3, 0.4) is 0 Å². The van der Waals surface area contributed by atoms with Gasteiger partial charge in [0.2, 0.25) is 5.91 Å². The molecule has 0 spiro atoms. The van der Waals surface area contributed by atoms with E-state index in [1.165, 1.54) is 19.3 Å². The van der Waals surface area contributed by atoms with E-state index in [2.05, 4.69) is 5.32 Å². The first kappa shape index (κ1) is 15.7. The molecule has 1 saturated heterocycles. The number of nitrogens with one attached hydrogen (secondary N) is 1. The van der Waals surface area contributed by atoms with Crippen LogP contribution in [0.25, 0.3) is 0 Å². The second kappa shape index (κ2) is 7.97. The zero-order valence-corrected chi connectivity index (χ0v) is 12.0. The molecule has 1 aliphatic carbocycles. The fourth-order valence-electron chi connectivity index (χ4n) is 2.28. The number of amides is 1. The van der Waals surface area contributed by atoms with Gasteiger partial charge in [0.05, 0.1) is 13.2 Å². The third-order valence-corrected chi connectivity index (χ3v) is 3.62. The zero-order valence-electron chi connectivity index (χ0n) is 11.2. The largest absolute Gasteiger partial charge is 0.381 e. The maximum absolute atomic E-state index is 11.8. The summed E-state index contributed by atoms with van der Waals surface area (Å²) >= 11 is 0. The number of rotatable bonds is 6. The summed E-state index contributed by atoms with van der Waals surface area (Å²) in [5, 5.41) is 3.24. The molecule has 1 atom stereocenters. The number of carbonyl (C=O) groups excluding carboxylic acids is 1. The third-order valence-electron chi connectivity index (χ3n) is 3.62. The number of carbonyl (C=O) groups is 1. The Morgan fingerprint density at radius 1 is 1.33 bits per heavy atom. The van der Waals surface area contributed by atoms with Gasteiger partial charge in [-0.1, -0.05) is 0 Å². The molecule has 0 aromatic rings. The van der Waals surface area contributed by atoms with Gasteiger partial charge in [0.1, 0.15) is 0 Å². The van der Waals surface area contributed by atoms with Crippen molar-refractivity contribution in [2.24, 2.45) is 11.8 Å². The molecule has 18 heavy (non-hydrogen) atoms. The fourth-order valence-corrected chi connectivity index (χ4v) is 2.28. The Balaban J connectivity index is 0.00000162. The molecule has 106 valence electrons. The molecule has 0 radical (unpaired) electrons. The lowest BCUT2D eigenvalue weighted by molar-refractivity contribution is -0.130. The van der Waals surface area contributed by atoms with Crippen LogP contribution in [0.1, 0.15) is 25.7 Å². The molecule has 1 aliphatic heterocycles. The van der Waals surface area contributed by atoms with E-state index in [9.17, 15) is 4.79 Å². The summed E-state index contributed by atoms with van der Waals surface area (Å²) in [6.07, 6.45) is 4.98. The van der Waals surface area contributed by atoms with Crippen LogP contribution in [0.2, 0.25) is 0 Å². The second-order valence-electron chi connectivity index (χ2n) is 5.43. The van der Waals surface area contributed by atoms with E-state index < -0.39 is 0 Å². The van der Waals surface area contributed by atoms with Crippen LogP contribution >= 0.6 is 12.4 Å². The second-order valence-corrected chi connectivity index (χ2v) is 5.43. The zero-order chi connectivity index (χ0) is 12.1. The SMILES string of the molecule is CN(CC1CCCOC1)C(=O)CNCC1CC1.Cl. The topological polar surface area (TPSA) is 41.6 Å². The van der Waals surface area contributed by atoms with E-state index >= 15 is 0 Å². The van der Waals surface area contributed by atoms with Gasteiger partial charge in [0.25, 0.3) is 0 Å². The van der Waals surface area contributed by atoms with Crippen LogP contribution in [0.15, 0.2) is 0 Å². The average Bonchev–Trinajstić information content (AvgIpc) is 3.14. The summed E-state index contributed by atoms with van der Waals surface area (Å²) in [4.78, 5) is 13.7. The van der Waals surface area contributed by atoms with Crippen molar-refractivity contribution in [3.63, 3.8) is 0 Å². The average molecular weight is 277 g/mol. The van der Waals surface area contributed by atoms with Crippen LogP contribution in [0.4, 0.5) is 0 Å². The minimum atomic E-state index is 0. The number of halogens is 1. The highest BCUT2D eigenvalue weighted by molar-refractivity contribution is 5.85. The molecule has 0 aromatic carbocycles. The van der Waals surface area contributed by atoms with E-state index in [0.717, 1.165) is 38.6 Å². The Morgan fingerprint density at radius 2 is 2.11 bits per heavy atom. The predicted molar refractivity (Wildman–Crippen MR) is 74.0 cm³/mol. The first-order chi connectivity index (χ1) is 8.25. The van der Waals surface area contributed by atoms with Gasteiger partial charge in [-0.15, -0.1) is 12.4 Å². The Bertz CT molecular complexity index is 253. The maximum Gasteiger partial charge on any atom is 0.236 e. The van der Waals surface area contributed by atoms with Crippen molar-refractivity contribution in [3.05, 3.63) is 0 Å². The van der Waals surface area contributed by atoms with Crippen molar-refractivity contribution in [1.82, 2.24) is 10.2 Å². The molecule has 2 fully saturated rings. The normalized spacial score (nSPS) is 23.3. The lowest BCUT2D eigenvalue weighted by atomic mass is 10.0. The highest BCUT2D eigenvalue weighted by Gasteiger charge is 2.22. The van der Waals surface area contributed by atoms with Crippen LogP contribution < -0.4 is 5.32 Å². The number of likely N-dealkylation sites (N-methyl/N-ethyl adjacent to an activating group) is 1. The number of ether oxygens (including phenoxy) is 1. The molecule has 2 aliphatic rings. The van der Waals surface area contributed by atoms with Crippen LogP contribution in [-0.2, 0) is 9.53 Å². The minimum Gasteiger partial charge on any atom is -0.381 e. The van der Waals surface area contributed by atoms with E-state index in [-0.39, 0.29) is 18.3 Å². The number of nitrogens with zero attached hydrogens (tertiary/aromatic N) is 1. The quantitative estimate of drug-likeness (QED) is 0.795. The van der Waals surface area contributed by atoms with Crippen LogP contribution in [-0.4, -0.2) is 50.7 Å². The van der Waals surface area contributed by atoms with E-state index in [4.69, 9.17) is 4.74 Å². The highest BCUT2D eigenvalue weighted by Crippen LogP contribution is 2.27.